The van der Waals surface area contributed by atoms with Crippen LogP contribution < -0.4 is 30.6 Å². The first-order chi connectivity index (χ1) is 34.9. The van der Waals surface area contributed by atoms with E-state index >= 15 is 0 Å². The second kappa shape index (κ2) is 16.2. The highest BCUT2D eigenvalue weighted by molar-refractivity contribution is 6.99. The van der Waals surface area contributed by atoms with E-state index in [-0.39, 0.29) is 6.71 Å². The first-order valence-electron chi connectivity index (χ1n) is 24.3. The van der Waals surface area contributed by atoms with Crippen molar-refractivity contribution in [3.63, 3.8) is 0 Å². The highest BCUT2D eigenvalue weighted by Gasteiger charge is 2.38. The molecule has 68 heavy (non-hydrogen) atoms. The van der Waals surface area contributed by atoms with Crippen molar-refractivity contribution < 1.29 is 13.4 Å². The van der Waals surface area contributed by atoms with Gasteiger partial charge in [-0.2, -0.15) is 0 Å². The summed E-state index contributed by atoms with van der Waals surface area (Å²) in [6.45, 7) is -2.47. The molecule has 0 spiro atoms. The molecule has 0 bridgehead atoms. The average Bonchev–Trinajstić information content (AvgIpc) is 3.98. The van der Waals surface area contributed by atoms with Crippen LogP contribution in [0.5, 0.6) is 11.5 Å². The van der Waals surface area contributed by atoms with Crippen molar-refractivity contribution >= 4 is 73.0 Å². The fourth-order valence-electron chi connectivity index (χ4n) is 10.4. The Morgan fingerprint density at radius 3 is 1.87 bits per heavy atom. The second-order valence-electron chi connectivity index (χ2n) is 17.1. The molecule has 1 aliphatic rings. The van der Waals surface area contributed by atoms with Crippen LogP contribution in [0.2, 0.25) is 0 Å². The van der Waals surface area contributed by atoms with Crippen molar-refractivity contribution in [3.05, 3.63) is 243 Å². The molecule has 4 heterocycles. The van der Waals surface area contributed by atoms with Crippen LogP contribution in [0.25, 0.3) is 66.6 Å². The maximum absolute atomic E-state index is 8.15. The van der Waals surface area contributed by atoms with Gasteiger partial charge < -0.3 is 18.8 Å². The Balaban J connectivity index is 0.925. The number of rotatable bonds is 8. The van der Waals surface area contributed by atoms with Gasteiger partial charge in [0.05, 0.1) is 44.5 Å². The van der Waals surface area contributed by atoms with E-state index < -0.39 is 6.98 Å². The Labute approximate surface area is 399 Å². The standard InChI is InChI=1S/C61H42BN5O/c1-64-41-65(58-33-15-14-32-57(58)64)44-22-16-23-46(38-44)68-47-34-35-51-50-24-8-11-29-54(50)67(59(51)40-47)60-39-45(36-37-63-60)66-55-30-12-9-27-52(55)62(53-28-10-13-31-56(53)66)61-48(42-18-4-2-5-19-42)25-17-26-49(61)43-20-6-3-7-21-43/h2-40H,1H3/i1D3. The molecular weight excluding hydrogens is 830 g/mol. The van der Waals surface area contributed by atoms with E-state index in [0.717, 1.165) is 55.9 Å². The lowest BCUT2D eigenvalue weighted by Crippen LogP contribution is -2.58. The number of nitrogens with zero attached hydrogens (tertiary/aromatic N) is 5. The number of fused-ring (bicyclic) bond motifs is 6. The van der Waals surface area contributed by atoms with Crippen LogP contribution in [0.15, 0.2) is 237 Å². The first kappa shape index (κ1) is 36.3. The van der Waals surface area contributed by atoms with E-state index in [1.165, 1.54) is 43.2 Å². The van der Waals surface area contributed by atoms with E-state index in [1.54, 1.807) is 10.6 Å². The van der Waals surface area contributed by atoms with Gasteiger partial charge >= 0.3 is 0 Å². The van der Waals surface area contributed by atoms with Gasteiger partial charge in [0.15, 0.2) is 0 Å². The van der Waals surface area contributed by atoms with Crippen LogP contribution in [0.4, 0.5) is 17.1 Å². The van der Waals surface area contributed by atoms with Crippen LogP contribution in [0.1, 0.15) is 4.11 Å². The number of pyridine rings is 1. The van der Waals surface area contributed by atoms with Crippen LogP contribution in [0, 0.1) is 6.33 Å². The zero-order chi connectivity index (χ0) is 47.6. The summed E-state index contributed by atoms with van der Waals surface area (Å²) in [7, 11) is 0. The highest BCUT2D eigenvalue weighted by Crippen LogP contribution is 2.40. The SMILES string of the molecule is [2H]C([2H])([2H])[n+]1[c-]n(-c2cccc(Oc3ccc4c5ccccc5n(-c5cc(N6c7ccccc7B(c7c(-c8ccccc8)cccc7-c7ccccc7)c7ccccc76)ccn5)c4c3)c2)c2ccccc21. The van der Waals surface area contributed by atoms with Crippen LogP contribution in [0.3, 0.4) is 0 Å². The molecule has 9 aromatic carbocycles. The maximum Gasteiger partial charge on any atom is 0.248 e. The summed E-state index contributed by atoms with van der Waals surface area (Å²) in [4.78, 5) is 7.48. The number of anilines is 3. The molecule has 0 radical (unpaired) electrons. The van der Waals surface area contributed by atoms with Crippen molar-refractivity contribution in [3.8, 4) is 45.3 Å². The fraction of sp³-hybridized carbons (Fsp3) is 0.0164. The Morgan fingerprint density at radius 2 is 1.13 bits per heavy atom. The summed E-state index contributed by atoms with van der Waals surface area (Å²) in [5, 5.41) is 2.17. The molecule has 0 saturated carbocycles. The van der Waals surface area contributed by atoms with Gasteiger partial charge in [0, 0.05) is 40.5 Å². The number of ether oxygens (including phenoxy) is 1. The Morgan fingerprint density at radius 1 is 0.515 bits per heavy atom. The number of aromatic nitrogens is 4. The molecular formula is C61H42BN5O. The number of benzene rings is 9. The molecule has 0 unspecified atom stereocenters. The largest absolute Gasteiger partial charge is 0.458 e. The Kier molecular flexibility index (Phi) is 8.64. The molecule has 6 nitrogen and oxygen atoms in total. The van der Waals surface area contributed by atoms with E-state index in [0.29, 0.717) is 17.0 Å². The quantitative estimate of drug-likeness (QED) is 0.0867. The molecule has 3 aromatic heterocycles. The summed E-state index contributed by atoms with van der Waals surface area (Å²) < 4.78 is 36.3. The molecule has 0 aliphatic carbocycles. The molecule has 7 heteroatoms. The van der Waals surface area contributed by atoms with E-state index in [9.17, 15) is 0 Å². The molecule has 13 rings (SSSR count). The smallest absolute Gasteiger partial charge is 0.248 e. The van der Waals surface area contributed by atoms with Gasteiger partial charge in [0.25, 0.3) is 0 Å². The number of para-hydroxylation sites is 5. The molecule has 12 aromatic rings. The molecule has 0 saturated heterocycles. The summed E-state index contributed by atoms with van der Waals surface area (Å²) >= 11 is 0. The summed E-state index contributed by atoms with van der Waals surface area (Å²) in [5.74, 6) is 2.01. The number of hydrogen-bond acceptors (Lipinski definition) is 3. The van der Waals surface area contributed by atoms with Crippen LogP contribution in [-0.4, -0.2) is 20.8 Å². The monoisotopic (exact) mass is 874 g/mol. The fourth-order valence-corrected chi connectivity index (χ4v) is 10.4. The molecule has 320 valence electrons. The van der Waals surface area contributed by atoms with E-state index in [2.05, 4.69) is 192 Å². The third kappa shape index (κ3) is 6.50. The highest BCUT2D eigenvalue weighted by atomic mass is 16.5. The first-order valence-corrected chi connectivity index (χ1v) is 22.8. The lowest BCUT2D eigenvalue weighted by Gasteiger charge is -2.38. The van der Waals surface area contributed by atoms with Gasteiger partial charge in [0.2, 0.25) is 13.0 Å². The minimum atomic E-state index is -2.39. The van der Waals surface area contributed by atoms with Gasteiger partial charge in [-0.05, 0) is 81.7 Å². The van der Waals surface area contributed by atoms with E-state index in [4.69, 9.17) is 13.8 Å². The lowest BCUT2D eigenvalue weighted by atomic mass is 9.33. The van der Waals surface area contributed by atoms with Crippen molar-refractivity contribution in [1.82, 2.24) is 14.1 Å². The van der Waals surface area contributed by atoms with Crippen molar-refractivity contribution in [2.24, 2.45) is 6.98 Å². The maximum atomic E-state index is 8.15. The summed E-state index contributed by atoms with van der Waals surface area (Å²) in [6, 6.07) is 79.8. The van der Waals surface area contributed by atoms with Crippen molar-refractivity contribution in [2.75, 3.05) is 4.90 Å². The third-order valence-electron chi connectivity index (χ3n) is 13.3. The molecule has 1 aliphatic heterocycles. The summed E-state index contributed by atoms with van der Waals surface area (Å²) in [5.41, 5.74) is 15.7. The molecule has 0 atom stereocenters. The predicted molar refractivity (Wildman–Crippen MR) is 279 cm³/mol. The van der Waals surface area contributed by atoms with Crippen LogP contribution in [-0.2, 0) is 6.98 Å². The van der Waals surface area contributed by atoms with Crippen molar-refractivity contribution in [2.45, 2.75) is 0 Å². The lowest BCUT2D eigenvalue weighted by molar-refractivity contribution is -0.649. The Bertz CT molecular complexity index is 3890. The normalized spacial score (nSPS) is 13.0. The number of imidazole rings is 1. The third-order valence-corrected chi connectivity index (χ3v) is 13.3. The molecule has 0 fully saturated rings. The molecule has 0 N–H and O–H groups in total. The van der Waals surface area contributed by atoms with Crippen molar-refractivity contribution in [1.29, 1.82) is 0 Å². The topological polar surface area (TPSA) is 39.1 Å². The summed E-state index contributed by atoms with van der Waals surface area (Å²) in [6.07, 6.45) is 4.98. The number of aryl methyl sites for hydroxylation is 1. The van der Waals surface area contributed by atoms with Gasteiger partial charge in [-0.25, -0.2) is 4.98 Å². The van der Waals surface area contributed by atoms with Gasteiger partial charge in [-0.1, -0.05) is 175 Å². The van der Waals surface area contributed by atoms with Gasteiger partial charge in [-0.3, -0.25) is 4.57 Å². The Hall–Kier alpha value is -8.94. The van der Waals surface area contributed by atoms with E-state index in [1.807, 2.05) is 54.7 Å². The average molecular weight is 875 g/mol. The molecule has 0 amide bonds. The van der Waals surface area contributed by atoms with Gasteiger partial charge in [0.1, 0.15) is 17.3 Å². The zero-order valence-electron chi connectivity index (χ0n) is 39.7. The second-order valence-corrected chi connectivity index (χ2v) is 17.1. The predicted octanol–water partition coefficient (Wildman–Crippen LogP) is 12.2. The van der Waals surface area contributed by atoms with Gasteiger partial charge in [-0.15, -0.1) is 0 Å². The minimum Gasteiger partial charge on any atom is -0.458 e. The number of hydrogen-bond donors (Lipinski definition) is 0. The van der Waals surface area contributed by atoms with Crippen LogP contribution >= 0.6 is 0 Å². The zero-order valence-corrected chi connectivity index (χ0v) is 36.7. The minimum absolute atomic E-state index is 0.0747.